The van der Waals surface area contributed by atoms with Crippen LogP contribution in [0, 0.1) is 0 Å². The molecule has 3 aliphatic rings. The van der Waals surface area contributed by atoms with E-state index in [1.807, 2.05) is 6.08 Å². The minimum Gasteiger partial charge on any atom is -0.445 e. The Morgan fingerprint density at radius 1 is 1.15 bits per heavy atom. The topological polar surface area (TPSA) is 98.6 Å². The maximum absolute atomic E-state index is 12.6. The number of hydrogen-bond acceptors (Lipinski definition) is 7. The maximum Gasteiger partial charge on any atom is 0.416 e. The van der Waals surface area contributed by atoms with Gasteiger partial charge in [-0.05, 0) is 23.8 Å². The molecule has 1 fully saturated rings. The predicted octanol–water partition coefficient (Wildman–Crippen LogP) is 2.28. The van der Waals surface area contributed by atoms with Crippen LogP contribution in [0.5, 0.6) is 0 Å². The van der Waals surface area contributed by atoms with Gasteiger partial charge < -0.3 is 15.0 Å². The van der Waals surface area contributed by atoms with E-state index in [0.29, 0.717) is 50.4 Å². The molecule has 0 aromatic heterocycles. The molecule has 1 aromatic rings. The van der Waals surface area contributed by atoms with Crippen LogP contribution in [0.1, 0.15) is 11.1 Å². The van der Waals surface area contributed by atoms with Gasteiger partial charge in [-0.15, -0.1) is 0 Å². The summed E-state index contributed by atoms with van der Waals surface area (Å²) in [5.41, 5.74) is 3.16. The molecule has 2 atom stereocenters. The highest BCUT2D eigenvalue weighted by atomic mass is 19.4. The fourth-order valence-corrected chi connectivity index (χ4v) is 3.82. The van der Waals surface area contributed by atoms with Gasteiger partial charge in [0, 0.05) is 44.8 Å². The average Bonchev–Trinajstić information content (AvgIpc) is 3.30. The highest BCUT2D eigenvalue weighted by Gasteiger charge is 2.30. The Kier molecular flexibility index (Phi) is 7.15. The van der Waals surface area contributed by atoms with Crippen LogP contribution in [0.15, 0.2) is 58.4 Å². The second-order valence-electron chi connectivity index (χ2n) is 8.18. The van der Waals surface area contributed by atoms with Crippen molar-refractivity contribution in [1.29, 1.82) is 0 Å². The van der Waals surface area contributed by atoms with Gasteiger partial charge in [-0.25, -0.2) is 4.79 Å². The number of carbonyl (C=O) groups is 2. The molecule has 2 amide bonds. The van der Waals surface area contributed by atoms with Gasteiger partial charge in [0.2, 0.25) is 0 Å². The molecule has 2 aliphatic heterocycles. The van der Waals surface area contributed by atoms with Crippen LogP contribution in [-0.2, 0) is 22.3 Å². The normalized spacial score (nSPS) is 22.1. The molecular formula is C22H25F3N6O3. The first-order chi connectivity index (χ1) is 16.3. The van der Waals surface area contributed by atoms with E-state index in [0.717, 1.165) is 12.1 Å². The van der Waals surface area contributed by atoms with E-state index < -0.39 is 17.8 Å². The summed E-state index contributed by atoms with van der Waals surface area (Å²) < 4.78 is 43.1. The largest absolute Gasteiger partial charge is 0.445 e. The Morgan fingerprint density at radius 3 is 2.59 bits per heavy atom. The number of nitrogens with zero attached hydrogens (tertiary/aromatic N) is 4. The van der Waals surface area contributed by atoms with Gasteiger partial charge in [0.1, 0.15) is 12.6 Å². The third kappa shape index (κ3) is 5.93. The summed E-state index contributed by atoms with van der Waals surface area (Å²) >= 11 is 0. The van der Waals surface area contributed by atoms with Gasteiger partial charge in [-0.2, -0.15) is 18.3 Å². The first-order valence-electron chi connectivity index (χ1n) is 10.9. The van der Waals surface area contributed by atoms with Crippen molar-refractivity contribution >= 4 is 12.0 Å². The van der Waals surface area contributed by atoms with E-state index in [9.17, 15) is 22.8 Å². The van der Waals surface area contributed by atoms with E-state index in [1.54, 1.807) is 17.1 Å². The molecular weight excluding hydrogens is 453 g/mol. The predicted molar refractivity (Wildman–Crippen MR) is 115 cm³/mol. The minimum atomic E-state index is -4.40. The van der Waals surface area contributed by atoms with Crippen LogP contribution in [0.4, 0.5) is 18.0 Å². The average molecular weight is 478 g/mol. The summed E-state index contributed by atoms with van der Waals surface area (Å²) in [5.74, 6) is -0.165. The van der Waals surface area contributed by atoms with Gasteiger partial charge in [-0.1, -0.05) is 29.5 Å². The van der Waals surface area contributed by atoms with Crippen molar-refractivity contribution in [2.24, 2.45) is 10.3 Å². The van der Waals surface area contributed by atoms with Crippen molar-refractivity contribution in [3.05, 3.63) is 59.2 Å². The summed E-state index contributed by atoms with van der Waals surface area (Å²) in [7, 11) is 0. The number of ether oxygens (including phenoxy) is 1. The van der Waals surface area contributed by atoms with Crippen molar-refractivity contribution in [2.75, 3.05) is 39.3 Å². The fourth-order valence-electron chi connectivity index (χ4n) is 3.82. The van der Waals surface area contributed by atoms with E-state index in [4.69, 9.17) is 4.74 Å². The molecule has 0 radical (unpaired) electrons. The molecule has 1 aromatic carbocycles. The second-order valence-corrected chi connectivity index (χ2v) is 8.18. The summed E-state index contributed by atoms with van der Waals surface area (Å²) in [6, 6.07) is 4.39. The second kappa shape index (κ2) is 10.2. The van der Waals surface area contributed by atoms with Crippen LogP contribution in [-0.4, -0.2) is 73.2 Å². The number of piperazine rings is 1. The van der Waals surface area contributed by atoms with Gasteiger partial charge in [0.15, 0.2) is 0 Å². The highest BCUT2D eigenvalue weighted by molar-refractivity contribution is 5.96. The molecule has 2 N–H and O–H groups in total. The van der Waals surface area contributed by atoms with Crippen LogP contribution in [0.25, 0.3) is 0 Å². The molecule has 9 nitrogen and oxygen atoms in total. The number of rotatable bonds is 6. The lowest BCUT2D eigenvalue weighted by Gasteiger charge is -2.34. The van der Waals surface area contributed by atoms with Gasteiger partial charge >= 0.3 is 12.3 Å². The molecule has 0 saturated carbocycles. The van der Waals surface area contributed by atoms with E-state index in [1.165, 1.54) is 12.1 Å². The minimum absolute atomic E-state index is 0.00877. The third-order valence-corrected chi connectivity index (χ3v) is 5.85. The SMILES string of the molecule is O=C(NCCN1CCN(C(=O)OCc2ccc(C(F)(F)F)cc2)CC1)C1=CC2N=NNC2C=C1. The maximum atomic E-state index is 12.6. The Bertz CT molecular complexity index is 985. The van der Waals surface area contributed by atoms with Gasteiger partial charge in [0.05, 0.1) is 11.6 Å². The molecule has 0 spiro atoms. The zero-order chi connectivity index (χ0) is 24.1. The van der Waals surface area contributed by atoms with E-state index in [-0.39, 0.29) is 24.6 Å². The summed E-state index contributed by atoms with van der Waals surface area (Å²) in [6.45, 7) is 3.21. The molecule has 1 aliphatic carbocycles. The fraction of sp³-hybridized carbons (Fsp3) is 0.455. The van der Waals surface area contributed by atoms with Crippen molar-refractivity contribution in [3.8, 4) is 0 Å². The first-order valence-corrected chi connectivity index (χ1v) is 10.9. The highest BCUT2D eigenvalue weighted by Crippen LogP contribution is 2.29. The number of amides is 2. The Labute approximate surface area is 194 Å². The van der Waals surface area contributed by atoms with Crippen molar-refractivity contribution in [3.63, 3.8) is 0 Å². The molecule has 12 heteroatoms. The molecule has 2 heterocycles. The Hall–Kier alpha value is -3.41. The summed E-state index contributed by atoms with van der Waals surface area (Å²) in [4.78, 5) is 28.3. The van der Waals surface area contributed by atoms with E-state index in [2.05, 4.69) is 26.0 Å². The van der Waals surface area contributed by atoms with Crippen LogP contribution >= 0.6 is 0 Å². The standard InChI is InChI=1S/C22H25F3N6O3/c23-22(24,25)17-4-1-15(2-5-17)14-34-21(33)31-11-9-30(10-12-31)8-7-26-20(32)16-3-6-18-19(13-16)28-29-27-18/h1-6,13,18-19H,7-12,14H2,(H,26,32)(H,27,28). The third-order valence-electron chi connectivity index (χ3n) is 5.85. The lowest BCUT2D eigenvalue weighted by molar-refractivity contribution is -0.137. The monoisotopic (exact) mass is 478 g/mol. The molecule has 2 unspecified atom stereocenters. The number of carbonyl (C=O) groups excluding carboxylic acids is 2. The Balaban J connectivity index is 1.13. The number of halogens is 3. The molecule has 182 valence electrons. The van der Waals surface area contributed by atoms with Crippen LogP contribution in [0.2, 0.25) is 0 Å². The number of benzene rings is 1. The quantitative estimate of drug-likeness (QED) is 0.654. The lowest BCUT2D eigenvalue weighted by Crippen LogP contribution is -2.50. The van der Waals surface area contributed by atoms with Gasteiger partial charge in [-0.3, -0.25) is 15.1 Å². The van der Waals surface area contributed by atoms with E-state index >= 15 is 0 Å². The summed E-state index contributed by atoms with van der Waals surface area (Å²) in [6.07, 6.45) is 0.523. The number of alkyl halides is 3. The molecule has 34 heavy (non-hydrogen) atoms. The molecule has 0 bridgehead atoms. The number of fused-ring (bicyclic) bond motifs is 1. The zero-order valence-corrected chi connectivity index (χ0v) is 18.3. The number of hydrogen-bond donors (Lipinski definition) is 2. The van der Waals surface area contributed by atoms with Crippen LogP contribution < -0.4 is 10.7 Å². The Morgan fingerprint density at radius 2 is 1.88 bits per heavy atom. The van der Waals surface area contributed by atoms with Crippen molar-refractivity contribution in [2.45, 2.75) is 24.9 Å². The van der Waals surface area contributed by atoms with Crippen LogP contribution in [0.3, 0.4) is 0 Å². The van der Waals surface area contributed by atoms with Gasteiger partial charge in [0.25, 0.3) is 5.91 Å². The molecule has 4 rings (SSSR count). The lowest BCUT2D eigenvalue weighted by atomic mass is 9.99. The zero-order valence-electron chi connectivity index (χ0n) is 18.3. The first kappa shape index (κ1) is 23.7. The molecule has 1 saturated heterocycles. The van der Waals surface area contributed by atoms with Crippen molar-refractivity contribution < 1.29 is 27.5 Å². The van der Waals surface area contributed by atoms with Crippen molar-refractivity contribution in [1.82, 2.24) is 20.5 Å². The summed E-state index contributed by atoms with van der Waals surface area (Å²) in [5, 5.41) is 10.7. The smallest absolute Gasteiger partial charge is 0.416 e. The number of nitrogens with one attached hydrogen (secondary N) is 2.